The first kappa shape index (κ1) is 33.3. The van der Waals surface area contributed by atoms with Crippen molar-refractivity contribution in [2.75, 3.05) is 0 Å². The molecule has 8 heteroatoms. The number of ether oxygens (including phenoxy) is 2. The van der Waals surface area contributed by atoms with Crippen molar-refractivity contribution in [1.29, 1.82) is 0 Å². The minimum atomic E-state index is -1.91. The summed E-state index contributed by atoms with van der Waals surface area (Å²) in [4.78, 5) is 26.5. The molecule has 0 spiro atoms. The first-order valence-electron chi connectivity index (χ1n) is 16.7. The maximum atomic E-state index is 13.5. The fraction of sp³-hybridized carbons (Fsp3) is 0.487. The molecule has 0 aromatic heterocycles. The molecule has 0 bridgehead atoms. The molecule has 4 aliphatic carbocycles. The summed E-state index contributed by atoms with van der Waals surface area (Å²) in [6.07, 6.45) is 7.13. The lowest BCUT2D eigenvalue weighted by molar-refractivity contribution is -0.326. The van der Waals surface area contributed by atoms with Crippen LogP contribution >= 0.6 is 0 Å². The van der Waals surface area contributed by atoms with Crippen LogP contribution < -0.4 is 0 Å². The molecule has 0 heterocycles. The monoisotopic (exact) mass is 642 g/mol. The third-order valence-corrected chi connectivity index (χ3v) is 12.3. The van der Waals surface area contributed by atoms with Gasteiger partial charge in [-0.15, -0.1) is 0 Å². The molecule has 250 valence electrons. The van der Waals surface area contributed by atoms with Crippen LogP contribution in [-0.2, 0) is 19.1 Å². The van der Waals surface area contributed by atoms with E-state index < -0.39 is 63.8 Å². The lowest BCUT2D eigenvalue weighted by atomic mass is 9.42. The molecule has 47 heavy (non-hydrogen) atoms. The number of rotatable bonds is 7. The van der Waals surface area contributed by atoms with Gasteiger partial charge in [0.1, 0.15) is 29.0 Å². The molecule has 3 fully saturated rings. The van der Waals surface area contributed by atoms with Crippen LogP contribution in [-0.4, -0.2) is 67.5 Å². The summed E-state index contributed by atoms with van der Waals surface area (Å²) in [5, 5.41) is 48.7. The van der Waals surface area contributed by atoms with Crippen LogP contribution in [0.25, 0.3) is 12.2 Å². The van der Waals surface area contributed by atoms with Gasteiger partial charge in [0, 0.05) is 18.1 Å². The standard InChI is InChI=1S/C39H46O8/c1-26(46-33(41)16-14-27-10-6-4-7-11-27)37(43)22-23-39(45)36(37,3)32(47-34(42)17-15-28-12-8-5-9-13-28)25-31-35(2)20-19-30(40)24-29(35)18-21-38(31,39)44/h4-18,26,30-32,40,43-45H,19-25H2,1-3H3. The van der Waals surface area contributed by atoms with Crippen molar-refractivity contribution in [3.05, 3.63) is 95.6 Å². The van der Waals surface area contributed by atoms with Crippen LogP contribution in [0, 0.1) is 16.7 Å². The molecule has 9 unspecified atom stereocenters. The molecule has 0 saturated heterocycles. The van der Waals surface area contributed by atoms with Crippen LogP contribution in [0.2, 0.25) is 0 Å². The molecule has 6 rings (SSSR count). The van der Waals surface area contributed by atoms with E-state index in [1.165, 1.54) is 12.2 Å². The molecular weight excluding hydrogens is 596 g/mol. The molecule has 9 atom stereocenters. The zero-order chi connectivity index (χ0) is 33.7. The minimum absolute atomic E-state index is 0.00449. The summed E-state index contributed by atoms with van der Waals surface area (Å²) in [6.45, 7) is 5.30. The van der Waals surface area contributed by atoms with Crippen LogP contribution in [0.3, 0.4) is 0 Å². The van der Waals surface area contributed by atoms with Gasteiger partial charge in [0.2, 0.25) is 0 Å². The van der Waals surface area contributed by atoms with E-state index in [2.05, 4.69) is 6.92 Å². The fourth-order valence-corrected chi connectivity index (χ4v) is 9.44. The first-order chi connectivity index (χ1) is 22.3. The maximum Gasteiger partial charge on any atom is 0.331 e. The largest absolute Gasteiger partial charge is 0.458 e. The fourth-order valence-electron chi connectivity index (χ4n) is 9.44. The molecule has 2 aromatic carbocycles. The number of hydrogen-bond donors (Lipinski definition) is 4. The normalized spacial score (nSPS) is 38.6. The van der Waals surface area contributed by atoms with Gasteiger partial charge < -0.3 is 29.9 Å². The Morgan fingerprint density at radius 3 is 2.09 bits per heavy atom. The smallest absolute Gasteiger partial charge is 0.331 e. The maximum absolute atomic E-state index is 13.5. The molecular formula is C39H46O8. The number of esters is 2. The van der Waals surface area contributed by atoms with Crippen LogP contribution in [0.5, 0.6) is 0 Å². The van der Waals surface area contributed by atoms with Gasteiger partial charge >= 0.3 is 11.9 Å². The second-order valence-electron chi connectivity index (χ2n) is 14.4. The predicted molar refractivity (Wildman–Crippen MR) is 177 cm³/mol. The molecule has 0 radical (unpaired) electrons. The highest BCUT2D eigenvalue weighted by molar-refractivity contribution is 5.88. The summed E-state index contributed by atoms with van der Waals surface area (Å²) in [7, 11) is 0. The van der Waals surface area contributed by atoms with Gasteiger partial charge in [-0.1, -0.05) is 86.2 Å². The number of aliphatic hydroxyl groups excluding tert-OH is 1. The first-order valence-corrected chi connectivity index (χ1v) is 16.7. The second-order valence-corrected chi connectivity index (χ2v) is 14.4. The number of aliphatic hydroxyl groups is 4. The average molecular weight is 643 g/mol. The topological polar surface area (TPSA) is 134 Å². The van der Waals surface area contributed by atoms with Gasteiger partial charge in [0.25, 0.3) is 0 Å². The van der Waals surface area contributed by atoms with E-state index in [9.17, 15) is 30.0 Å². The highest BCUT2D eigenvalue weighted by atomic mass is 16.6. The third kappa shape index (κ3) is 5.30. The van der Waals surface area contributed by atoms with Crippen molar-refractivity contribution in [3.63, 3.8) is 0 Å². The summed E-state index contributed by atoms with van der Waals surface area (Å²) in [5.74, 6) is -1.84. The SMILES string of the molecule is CC(OC(=O)C=Cc1ccccc1)C1(O)CCC2(O)C3(O)CC=C4CC(O)CCC4(C)C3CC(OC(=O)C=Cc3ccccc3)C12C. The molecule has 3 saturated carbocycles. The van der Waals surface area contributed by atoms with E-state index in [1.54, 1.807) is 26.0 Å². The Balaban J connectivity index is 1.36. The Kier molecular flexibility index (Phi) is 8.62. The number of carbonyl (C=O) groups is 2. The Bertz CT molecular complexity index is 1580. The lowest BCUT2D eigenvalue weighted by Gasteiger charge is -2.67. The van der Waals surface area contributed by atoms with Crippen molar-refractivity contribution in [2.45, 2.75) is 101 Å². The summed E-state index contributed by atoms with van der Waals surface area (Å²) in [5.41, 5.74) is -4.98. The van der Waals surface area contributed by atoms with Gasteiger partial charge in [0.15, 0.2) is 0 Å². The zero-order valence-electron chi connectivity index (χ0n) is 27.3. The molecule has 4 N–H and O–H groups in total. The molecule has 4 aliphatic rings. The van der Waals surface area contributed by atoms with E-state index in [0.717, 1.165) is 16.7 Å². The predicted octanol–water partition coefficient (Wildman–Crippen LogP) is 5.15. The van der Waals surface area contributed by atoms with Gasteiger partial charge in [0.05, 0.1) is 11.5 Å². The highest BCUT2D eigenvalue weighted by Crippen LogP contribution is 2.71. The lowest BCUT2D eigenvalue weighted by Crippen LogP contribution is -2.78. The quantitative estimate of drug-likeness (QED) is 0.185. The molecule has 8 nitrogen and oxygen atoms in total. The molecule has 0 amide bonds. The van der Waals surface area contributed by atoms with Gasteiger partial charge in [-0.25, -0.2) is 9.59 Å². The van der Waals surface area contributed by atoms with Gasteiger partial charge in [-0.2, -0.15) is 0 Å². The number of hydrogen-bond acceptors (Lipinski definition) is 8. The van der Waals surface area contributed by atoms with Crippen molar-refractivity contribution in [2.24, 2.45) is 16.7 Å². The van der Waals surface area contributed by atoms with Crippen molar-refractivity contribution >= 4 is 24.1 Å². The van der Waals surface area contributed by atoms with Crippen LogP contribution in [0.4, 0.5) is 0 Å². The van der Waals surface area contributed by atoms with Crippen molar-refractivity contribution in [1.82, 2.24) is 0 Å². The van der Waals surface area contributed by atoms with E-state index >= 15 is 0 Å². The Labute approximate surface area is 276 Å². The Hall–Kier alpha value is -3.56. The van der Waals surface area contributed by atoms with Crippen LogP contribution in [0.15, 0.2) is 84.5 Å². The average Bonchev–Trinajstić information content (AvgIpc) is 3.29. The van der Waals surface area contributed by atoms with E-state index in [0.29, 0.717) is 19.3 Å². The summed E-state index contributed by atoms with van der Waals surface area (Å²) < 4.78 is 12.0. The van der Waals surface area contributed by atoms with Crippen molar-refractivity contribution in [3.8, 4) is 0 Å². The van der Waals surface area contributed by atoms with E-state index in [4.69, 9.17) is 9.47 Å². The summed E-state index contributed by atoms with van der Waals surface area (Å²) >= 11 is 0. The van der Waals surface area contributed by atoms with E-state index in [1.807, 2.05) is 66.7 Å². The number of benzene rings is 2. The molecule has 0 aliphatic heterocycles. The molecule has 2 aromatic rings. The Morgan fingerprint density at radius 2 is 1.47 bits per heavy atom. The van der Waals surface area contributed by atoms with Gasteiger partial charge in [-0.05, 0) is 80.6 Å². The summed E-state index contributed by atoms with van der Waals surface area (Å²) in [6, 6.07) is 18.6. The third-order valence-electron chi connectivity index (χ3n) is 12.3. The minimum Gasteiger partial charge on any atom is -0.458 e. The zero-order valence-corrected chi connectivity index (χ0v) is 27.3. The second kappa shape index (κ2) is 12.2. The highest BCUT2D eigenvalue weighted by Gasteiger charge is 2.81. The van der Waals surface area contributed by atoms with E-state index in [-0.39, 0.29) is 25.7 Å². The van der Waals surface area contributed by atoms with Gasteiger partial charge in [-0.3, -0.25) is 0 Å². The van der Waals surface area contributed by atoms with Crippen LogP contribution in [0.1, 0.15) is 76.8 Å². The van der Waals surface area contributed by atoms with Crippen molar-refractivity contribution < 1.29 is 39.5 Å². The Morgan fingerprint density at radius 1 is 0.872 bits per heavy atom. The number of carbonyl (C=O) groups excluding carboxylic acids is 2. The number of fused-ring (bicyclic) bond motifs is 5.